The first kappa shape index (κ1) is 16.3. The summed E-state index contributed by atoms with van der Waals surface area (Å²) < 4.78 is 10.8. The summed E-state index contributed by atoms with van der Waals surface area (Å²) in [7, 11) is 1.61. The Morgan fingerprint density at radius 3 is 2.71 bits per heavy atom. The smallest absolute Gasteiger partial charge is 0.172 e. The van der Waals surface area contributed by atoms with Gasteiger partial charge in [0.1, 0.15) is 18.1 Å². The molecule has 0 spiro atoms. The molecular formula is C17H17ClN4O2. The SMILES string of the molecule is COc1cccc([C@H](N)c2n[nH]c(COc3ccc(Cl)cc3)n2)c1. The second-order valence-corrected chi connectivity index (χ2v) is 5.57. The van der Waals surface area contributed by atoms with E-state index >= 15 is 0 Å². The molecule has 0 fully saturated rings. The molecule has 0 saturated carbocycles. The van der Waals surface area contributed by atoms with Crippen molar-refractivity contribution in [2.24, 2.45) is 5.73 Å². The quantitative estimate of drug-likeness (QED) is 0.717. The molecule has 6 nitrogen and oxygen atoms in total. The number of methoxy groups -OCH3 is 1. The van der Waals surface area contributed by atoms with Crippen molar-refractivity contribution in [2.45, 2.75) is 12.6 Å². The number of ether oxygens (including phenoxy) is 2. The number of halogens is 1. The van der Waals surface area contributed by atoms with Crippen molar-refractivity contribution < 1.29 is 9.47 Å². The van der Waals surface area contributed by atoms with Crippen molar-refractivity contribution >= 4 is 11.6 Å². The topological polar surface area (TPSA) is 86.0 Å². The van der Waals surface area contributed by atoms with E-state index in [1.807, 2.05) is 24.3 Å². The van der Waals surface area contributed by atoms with Crippen LogP contribution in [0.1, 0.15) is 23.3 Å². The first-order valence-corrected chi connectivity index (χ1v) is 7.72. The second-order valence-electron chi connectivity index (χ2n) is 5.14. The zero-order valence-corrected chi connectivity index (χ0v) is 13.8. The fraction of sp³-hybridized carbons (Fsp3) is 0.176. The fourth-order valence-electron chi connectivity index (χ4n) is 2.18. The molecule has 124 valence electrons. The van der Waals surface area contributed by atoms with Crippen LogP contribution < -0.4 is 15.2 Å². The number of rotatable bonds is 6. The van der Waals surface area contributed by atoms with Gasteiger partial charge in [-0.2, -0.15) is 5.10 Å². The number of nitrogens with two attached hydrogens (primary N) is 1. The van der Waals surface area contributed by atoms with Gasteiger partial charge < -0.3 is 15.2 Å². The minimum Gasteiger partial charge on any atom is -0.497 e. The van der Waals surface area contributed by atoms with Crippen molar-refractivity contribution in [3.05, 3.63) is 70.8 Å². The monoisotopic (exact) mass is 344 g/mol. The number of benzene rings is 2. The van der Waals surface area contributed by atoms with Crippen LogP contribution in [0.3, 0.4) is 0 Å². The summed E-state index contributed by atoms with van der Waals surface area (Å²) in [4.78, 5) is 4.39. The lowest BCUT2D eigenvalue weighted by Crippen LogP contribution is -2.13. The summed E-state index contributed by atoms with van der Waals surface area (Å²) in [5, 5.41) is 7.68. The Bertz CT molecular complexity index is 804. The van der Waals surface area contributed by atoms with E-state index in [0.717, 1.165) is 11.3 Å². The van der Waals surface area contributed by atoms with Crippen molar-refractivity contribution in [3.8, 4) is 11.5 Å². The van der Waals surface area contributed by atoms with E-state index in [0.29, 0.717) is 22.4 Å². The van der Waals surface area contributed by atoms with E-state index in [2.05, 4.69) is 15.2 Å². The van der Waals surface area contributed by atoms with Gasteiger partial charge in [0.2, 0.25) is 0 Å². The van der Waals surface area contributed by atoms with Gasteiger partial charge in [-0.1, -0.05) is 23.7 Å². The third-order valence-corrected chi connectivity index (χ3v) is 3.72. The average molecular weight is 345 g/mol. The Balaban J connectivity index is 1.67. The highest BCUT2D eigenvalue weighted by Crippen LogP contribution is 2.21. The number of nitrogens with zero attached hydrogens (tertiary/aromatic N) is 2. The van der Waals surface area contributed by atoms with Crippen LogP contribution in [-0.2, 0) is 6.61 Å². The van der Waals surface area contributed by atoms with Gasteiger partial charge in [-0.3, -0.25) is 5.10 Å². The number of aromatic nitrogens is 3. The molecule has 0 aliphatic heterocycles. The molecule has 1 atom stereocenters. The third-order valence-electron chi connectivity index (χ3n) is 3.47. The molecule has 3 rings (SSSR count). The Labute approximate surface area is 144 Å². The summed E-state index contributed by atoms with van der Waals surface area (Å²) in [5.41, 5.74) is 7.09. The second kappa shape index (κ2) is 7.33. The van der Waals surface area contributed by atoms with E-state index < -0.39 is 6.04 Å². The molecule has 7 heteroatoms. The van der Waals surface area contributed by atoms with Gasteiger partial charge in [0.25, 0.3) is 0 Å². The highest BCUT2D eigenvalue weighted by atomic mass is 35.5. The third kappa shape index (κ3) is 3.84. The van der Waals surface area contributed by atoms with E-state index in [1.165, 1.54) is 0 Å². The van der Waals surface area contributed by atoms with Crippen LogP contribution in [0.5, 0.6) is 11.5 Å². The zero-order valence-electron chi connectivity index (χ0n) is 13.1. The van der Waals surface area contributed by atoms with Crippen molar-refractivity contribution in [1.82, 2.24) is 15.2 Å². The molecule has 3 aromatic rings. The predicted octanol–water partition coefficient (Wildman–Crippen LogP) is 3.09. The lowest BCUT2D eigenvalue weighted by molar-refractivity contribution is 0.296. The molecule has 24 heavy (non-hydrogen) atoms. The molecule has 0 saturated heterocycles. The van der Waals surface area contributed by atoms with Crippen LogP contribution in [0.2, 0.25) is 5.02 Å². The molecular weight excluding hydrogens is 328 g/mol. The summed E-state index contributed by atoms with van der Waals surface area (Å²) in [5.74, 6) is 2.54. The first-order chi connectivity index (χ1) is 11.7. The molecule has 1 heterocycles. The van der Waals surface area contributed by atoms with E-state index in [-0.39, 0.29) is 6.61 Å². The number of aromatic amines is 1. The summed E-state index contributed by atoms with van der Waals surface area (Å²) in [6.07, 6.45) is 0. The molecule has 0 aliphatic rings. The van der Waals surface area contributed by atoms with Gasteiger partial charge >= 0.3 is 0 Å². The number of H-pyrrole nitrogens is 1. The van der Waals surface area contributed by atoms with Gasteiger partial charge in [-0.15, -0.1) is 0 Å². The highest BCUT2D eigenvalue weighted by molar-refractivity contribution is 6.30. The summed E-state index contributed by atoms with van der Waals surface area (Å²) in [6.45, 7) is 0.263. The van der Waals surface area contributed by atoms with E-state index in [1.54, 1.807) is 31.4 Å². The maximum Gasteiger partial charge on any atom is 0.172 e. The maximum absolute atomic E-state index is 6.22. The van der Waals surface area contributed by atoms with E-state index in [9.17, 15) is 0 Å². The van der Waals surface area contributed by atoms with Gasteiger partial charge in [0, 0.05) is 5.02 Å². The van der Waals surface area contributed by atoms with Crippen LogP contribution >= 0.6 is 11.6 Å². The normalized spacial score (nSPS) is 12.0. The lowest BCUT2D eigenvalue weighted by atomic mass is 10.1. The Morgan fingerprint density at radius 2 is 1.96 bits per heavy atom. The van der Waals surface area contributed by atoms with E-state index in [4.69, 9.17) is 26.8 Å². The molecule has 3 N–H and O–H groups in total. The number of hydrogen-bond donors (Lipinski definition) is 2. The minimum absolute atomic E-state index is 0.263. The Morgan fingerprint density at radius 1 is 1.17 bits per heavy atom. The van der Waals surface area contributed by atoms with Crippen molar-refractivity contribution in [3.63, 3.8) is 0 Å². The Hall–Kier alpha value is -2.57. The lowest BCUT2D eigenvalue weighted by Gasteiger charge is -2.09. The molecule has 0 amide bonds. The van der Waals surface area contributed by atoms with Crippen LogP contribution in [0, 0.1) is 0 Å². The predicted molar refractivity (Wildman–Crippen MR) is 91.2 cm³/mol. The standard InChI is InChI=1S/C17H17ClN4O2/c1-23-14-4-2-3-11(9-14)16(19)17-20-15(21-22-17)10-24-13-7-5-12(18)6-8-13/h2-9,16H,10,19H2,1H3,(H,20,21,22)/t16-/m0/s1. The van der Waals surface area contributed by atoms with Crippen LogP contribution in [0.15, 0.2) is 48.5 Å². The largest absolute Gasteiger partial charge is 0.497 e. The molecule has 2 aromatic carbocycles. The first-order valence-electron chi connectivity index (χ1n) is 7.35. The fourth-order valence-corrected chi connectivity index (χ4v) is 2.31. The molecule has 0 unspecified atom stereocenters. The van der Waals surface area contributed by atoms with Crippen molar-refractivity contribution in [1.29, 1.82) is 0 Å². The summed E-state index contributed by atoms with van der Waals surface area (Å²) >= 11 is 5.84. The zero-order chi connectivity index (χ0) is 16.9. The minimum atomic E-state index is -0.444. The molecule has 0 bridgehead atoms. The molecule has 1 aromatic heterocycles. The molecule has 0 radical (unpaired) electrons. The summed E-state index contributed by atoms with van der Waals surface area (Å²) in [6, 6.07) is 14.2. The van der Waals surface area contributed by atoms with Crippen LogP contribution in [0.4, 0.5) is 0 Å². The number of nitrogens with one attached hydrogen (secondary N) is 1. The molecule has 0 aliphatic carbocycles. The van der Waals surface area contributed by atoms with Gasteiger partial charge in [-0.05, 0) is 42.0 Å². The van der Waals surface area contributed by atoms with Gasteiger partial charge in [0.05, 0.1) is 13.2 Å². The van der Waals surface area contributed by atoms with Crippen LogP contribution in [-0.4, -0.2) is 22.3 Å². The van der Waals surface area contributed by atoms with Crippen molar-refractivity contribution in [2.75, 3.05) is 7.11 Å². The van der Waals surface area contributed by atoms with Crippen LogP contribution in [0.25, 0.3) is 0 Å². The number of hydrogen-bond acceptors (Lipinski definition) is 5. The van der Waals surface area contributed by atoms with Gasteiger partial charge in [-0.25, -0.2) is 4.98 Å². The highest BCUT2D eigenvalue weighted by Gasteiger charge is 2.15. The maximum atomic E-state index is 6.22. The Kier molecular flexibility index (Phi) is 4.98. The van der Waals surface area contributed by atoms with Gasteiger partial charge in [0.15, 0.2) is 11.6 Å². The average Bonchev–Trinajstić information content (AvgIpc) is 3.09.